The summed E-state index contributed by atoms with van der Waals surface area (Å²) in [5, 5.41) is 11.3. The lowest BCUT2D eigenvalue weighted by Gasteiger charge is -2.31. The van der Waals surface area contributed by atoms with Crippen LogP contribution in [0.15, 0.2) is 24.3 Å². The van der Waals surface area contributed by atoms with Crippen molar-refractivity contribution in [3.63, 3.8) is 0 Å². The number of hydrogen-bond acceptors (Lipinski definition) is 2. The van der Waals surface area contributed by atoms with E-state index in [1.807, 2.05) is 0 Å². The standard InChI is InChI=1S/C13H14F2N2O3/c14-13(15)5-7-17(8-6-13)12(20)16-10-3-1-9(2-4-10)11(18)19/h1-4H,5-8H2,(H,16,20)(H,18,19). The predicted octanol–water partition coefficient (Wildman–Crippen LogP) is 2.65. The van der Waals surface area contributed by atoms with E-state index in [9.17, 15) is 18.4 Å². The number of carbonyl (C=O) groups excluding carboxylic acids is 1. The second-order valence-corrected chi connectivity index (χ2v) is 4.66. The minimum atomic E-state index is -2.69. The number of amides is 2. The molecule has 7 heteroatoms. The number of piperidine rings is 1. The number of likely N-dealkylation sites (tertiary alicyclic amines) is 1. The summed E-state index contributed by atoms with van der Waals surface area (Å²) in [4.78, 5) is 23.8. The highest BCUT2D eigenvalue weighted by Gasteiger charge is 2.35. The molecule has 0 bridgehead atoms. The number of urea groups is 1. The number of carboxylic acid groups (broad SMARTS) is 1. The van der Waals surface area contributed by atoms with Crippen LogP contribution in [0.1, 0.15) is 23.2 Å². The third-order valence-corrected chi connectivity index (χ3v) is 3.17. The van der Waals surface area contributed by atoms with Gasteiger partial charge in [-0.05, 0) is 24.3 Å². The van der Waals surface area contributed by atoms with Gasteiger partial charge in [-0.2, -0.15) is 0 Å². The molecule has 2 N–H and O–H groups in total. The largest absolute Gasteiger partial charge is 0.478 e. The van der Waals surface area contributed by atoms with Crippen LogP contribution in [0.5, 0.6) is 0 Å². The molecular weight excluding hydrogens is 270 g/mol. The molecular formula is C13H14F2N2O3. The Labute approximate surface area is 114 Å². The molecule has 0 aliphatic carbocycles. The average Bonchev–Trinajstić information content (AvgIpc) is 2.39. The Balaban J connectivity index is 1.93. The van der Waals surface area contributed by atoms with Crippen molar-refractivity contribution >= 4 is 17.7 Å². The lowest BCUT2D eigenvalue weighted by Crippen LogP contribution is -2.44. The number of carboxylic acids is 1. The molecule has 0 atom stereocenters. The molecule has 2 rings (SSSR count). The van der Waals surface area contributed by atoms with Crippen molar-refractivity contribution in [3.05, 3.63) is 29.8 Å². The van der Waals surface area contributed by atoms with Gasteiger partial charge in [-0.1, -0.05) is 0 Å². The number of carbonyl (C=O) groups is 2. The van der Waals surface area contributed by atoms with Crippen LogP contribution in [0.4, 0.5) is 19.3 Å². The van der Waals surface area contributed by atoms with Gasteiger partial charge >= 0.3 is 12.0 Å². The second kappa shape index (κ2) is 5.44. The van der Waals surface area contributed by atoms with Crippen LogP contribution < -0.4 is 5.32 Å². The summed E-state index contributed by atoms with van der Waals surface area (Å²) in [7, 11) is 0. The minimum absolute atomic E-state index is 0.00599. The zero-order valence-electron chi connectivity index (χ0n) is 10.6. The van der Waals surface area contributed by atoms with Gasteiger partial charge in [0.1, 0.15) is 0 Å². The molecule has 20 heavy (non-hydrogen) atoms. The molecule has 0 unspecified atom stereocenters. The van der Waals surface area contributed by atoms with E-state index < -0.39 is 17.9 Å². The Morgan fingerprint density at radius 1 is 1.15 bits per heavy atom. The maximum Gasteiger partial charge on any atom is 0.335 e. The van der Waals surface area contributed by atoms with Gasteiger partial charge in [0, 0.05) is 31.6 Å². The Bertz CT molecular complexity index is 507. The number of anilines is 1. The van der Waals surface area contributed by atoms with Gasteiger partial charge in [-0.3, -0.25) is 0 Å². The van der Waals surface area contributed by atoms with Crippen LogP contribution in [0.3, 0.4) is 0 Å². The minimum Gasteiger partial charge on any atom is -0.478 e. The Kier molecular flexibility index (Phi) is 3.87. The van der Waals surface area contributed by atoms with E-state index >= 15 is 0 Å². The zero-order chi connectivity index (χ0) is 14.8. The molecule has 1 aliphatic rings. The molecule has 1 heterocycles. The van der Waals surface area contributed by atoms with Crippen LogP contribution in [0.25, 0.3) is 0 Å². The summed E-state index contributed by atoms with van der Waals surface area (Å²) < 4.78 is 25.9. The molecule has 1 aromatic rings. The number of halogens is 2. The summed E-state index contributed by atoms with van der Waals surface area (Å²) >= 11 is 0. The molecule has 5 nitrogen and oxygen atoms in total. The Hall–Kier alpha value is -2.18. The lowest BCUT2D eigenvalue weighted by atomic mass is 10.1. The van der Waals surface area contributed by atoms with E-state index in [-0.39, 0.29) is 31.5 Å². The predicted molar refractivity (Wildman–Crippen MR) is 68.2 cm³/mol. The van der Waals surface area contributed by atoms with Crippen molar-refractivity contribution in [1.29, 1.82) is 0 Å². The average molecular weight is 284 g/mol. The fourth-order valence-electron chi connectivity index (χ4n) is 1.94. The van der Waals surface area contributed by atoms with Crippen LogP contribution >= 0.6 is 0 Å². The maximum absolute atomic E-state index is 13.0. The van der Waals surface area contributed by atoms with Gasteiger partial charge in [-0.15, -0.1) is 0 Å². The Morgan fingerprint density at radius 3 is 2.20 bits per heavy atom. The molecule has 2 amide bonds. The monoisotopic (exact) mass is 284 g/mol. The van der Waals surface area contributed by atoms with Crippen LogP contribution in [-0.2, 0) is 0 Å². The first kappa shape index (κ1) is 14.2. The SMILES string of the molecule is O=C(O)c1ccc(NC(=O)N2CCC(F)(F)CC2)cc1. The van der Waals surface area contributed by atoms with Gasteiger partial charge in [0.25, 0.3) is 5.92 Å². The molecule has 0 radical (unpaired) electrons. The quantitative estimate of drug-likeness (QED) is 0.877. The van der Waals surface area contributed by atoms with Gasteiger partial charge < -0.3 is 15.3 Å². The molecule has 0 saturated carbocycles. The van der Waals surface area contributed by atoms with Crippen molar-refractivity contribution in [2.45, 2.75) is 18.8 Å². The number of hydrogen-bond donors (Lipinski definition) is 2. The Morgan fingerprint density at radius 2 is 1.70 bits per heavy atom. The molecule has 0 aromatic heterocycles. The zero-order valence-corrected chi connectivity index (χ0v) is 10.6. The number of rotatable bonds is 2. The van der Waals surface area contributed by atoms with E-state index in [1.165, 1.54) is 29.2 Å². The topological polar surface area (TPSA) is 69.6 Å². The number of alkyl halides is 2. The summed E-state index contributed by atoms with van der Waals surface area (Å²) in [6.07, 6.45) is -0.670. The molecule has 1 saturated heterocycles. The molecule has 0 spiro atoms. The van der Waals surface area contributed by atoms with Crippen LogP contribution in [0, 0.1) is 0 Å². The summed E-state index contributed by atoms with van der Waals surface area (Å²) in [6, 6.07) is 5.19. The molecule has 108 valence electrons. The van der Waals surface area contributed by atoms with Crippen molar-refractivity contribution in [3.8, 4) is 0 Å². The van der Waals surface area contributed by atoms with E-state index in [0.717, 1.165) is 0 Å². The van der Waals surface area contributed by atoms with E-state index in [1.54, 1.807) is 0 Å². The molecule has 1 aromatic carbocycles. The number of aromatic carboxylic acids is 1. The van der Waals surface area contributed by atoms with Gasteiger partial charge in [-0.25, -0.2) is 18.4 Å². The summed E-state index contributed by atoms with van der Waals surface area (Å²) in [5.41, 5.74) is 0.540. The van der Waals surface area contributed by atoms with Crippen molar-refractivity contribution in [1.82, 2.24) is 4.90 Å². The van der Waals surface area contributed by atoms with Gasteiger partial charge in [0.2, 0.25) is 0 Å². The third-order valence-electron chi connectivity index (χ3n) is 3.17. The van der Waals surface area contributed by atoms with E-state index in [2.05, 4.69) is 5.32 Å². The normalized spacial score (nSPS) is 17.6. The maximum atomic E-state index is 13.0. The molecule has 1 aliphatic heterocycles. The van der Waals surface area contributed by atoms with Crippen LogP contribution in [0.2, 0.25) is 0 Å². The van der Waals surface area contributed by atoms with Crippen molar-refractivity contribution in [2.75, 3.05) is 18.4 Å². The smallest absolute Gasteiger partial charge is 0.335 e. The fraction of sp³-hybridized carbons (Fsp3) is 0.385. The highest BCUT2D eigenvalue weighted by atomic mass is 19.3. The molecule has 1 fully saturated rings. The number of benzene rings is 1. The lowest BCUT2D eigenvalue weighted by molar-refractivity contribution is -0.0461. The first-order valence-corrected chi connectivity index (χ1v) is 6.14. The highest BCUT2D eigenvalue weighted by Crippen LogP contribution is 2.27. The van der Waals surface area contributed by atoms with Crippen LogP contribution in [-0.4, -0.2) is 41.0 Å². The first-order valence-electron chi connectivity index (χ1n) is 6.14. The van der Waals surface area contributed by atoms with Crippen molar-refractivity contribution < 1.29 is 23.5 Å². The second-order valence-electron chi connectivity index (χ2n) is 4.66. The van der Waals surface area contributed by atoms with Gasteiger partial charge in [0.15, 0.2) is 0 Å². The summed E-state index contributed by atoms with van der Waals surface area (Å²) in [6.45, 7) is 0.0120. The number of nitrogens with one attached hydrogen (secondary N) is 1. The van der Waals surface area contributed by atoms with E-state index in [4.69, 9.17) is 5.11 Å². The highest BCUT2D eigenvalue weighted by molar-refractivity contribution is 5.91. The fourth-order valence-corrected chi connectivity index (χ4v) is 1.94. The number of nitrogens with zero attached hydrogens (tertiary/aromatic N) is 1. The first-order chi connectivity index (χ1) is 9.37. The third kappa shape index (κ3) is 3.43. The van der Waals surface area contributed by atoms with Gasteiger partial charge in [0.05, 0.1) is 5.56 Å². The van der Waals surface area contributed by atoms with E-state index in [0.29, 0.717) is 5.69 Å². The summed E-state index contributed by atoms with van der Waals surface area (Å²) in [5.74, 6) is -3.75. The van der Waals surface area contributed by atoms with Crippen molar-refractivity contribution in [2.24, 2.45) is 0 Å².